The smallest absolute Gasteiger partial charge is 0.234 e. The van der Waals surface area contributed by atoms with Crippen LogP contribution in [0.3, 0.4) is 0 Å². The Balaban J connectivity index is 1.78. The van der Waals surface area contributed by atoms with Crippen molar-refractivity contribution in [3.8, 4) is 0 Å². The van der Waals surface area contributed by atoms with E-state index < -0.39 is 0 Å². The lowest BCUT2D eigenvalue weighted by Gasteiger charge is -2.14. The SMILES string of the molecule is CC(C)CCNC(=O)CN1Cc2ccc(N)cc2C1. The van der Waals surface area contributed by atoms with Crippen LogP contribution in [0.5, 0.6) is 0 Å². The first-order valence-corrected chi connectivity index (χ1v) is 6.91. The van der Waals surface area contributed by atoms with Gasteiger partial charge >= 0.3 is 0 Å². The molecule has 0 saturated carbocycles. The number of hydrogen-bond acceptors (Lipinski definition) is 3. The Kier molecular flexibility index (Phi) is 4.43. The van der Waals surface area contributed by atoms with Gasteiger partial charge in [-0.2, -0.15) is 0 Å². The molecule has 0 spiro atoms. The molecule has 0 unspecified atom stereocenters. The van der Waals surface area contributed by atoms with Gasteiger partial charge in [0.2, 0.25) is 5.91 Å². The number of fused-ring (bicyclic) bond motifs is 1. The molecule has 1 aliphatic heterocycles. The molecule has 1 aromatic rings. The Morgan fingerprint density at radius 3 is 2.84 bits per heavy atom. The maximum atomic E-state index is 11.8. The number of anilines is 1. The molecule has 1 aromatic carbocycles. The monoisotopic (exact) mass is 261 g/mol. The zero-order chi connectivity index (χ0) is 13.8. The van der Waals surface area contributed by atoms with E-state index in [0.29, 0.717) is 12.5 Å². The lowest BCUT2D eigenvalue weighted by atomic mass is 10.1. The topological polar surface area (TPSA) is 58.4 Å². The van der Waals surface area contributed by atoms with E-state index in [9.17, 15) is 4.79 Å². The van der Waals surface area contributed by atoms with E-state index >= 15 is 0 Å². The van der Waals surface area contributed by atoms with Crippen LogP contribution in [-0.2, 0) is 17.9 Å². The van der Waals surface area contributed by atoms with Gasteiger partial charge in [0, 0.05) is 25.3 Å². The van der Waals surface area contributed by atoms with Crippen molar-refractivity contribution >= 4 is 11.6 Å². The summed E-state index contributed by atoms with van der Waals surface area (Å²) < 4.78 is 0. The van der Waals surface area contributed by atoms with E-state index in [-0.39, 0.29) is 5.91 Å². The van der Waals surface area contributed by atoms with E-state index in [1.165, 1.54) is 11.1 Å². The van der Waals surface area contributed by atoms with Crippen LogP contribution in [-0.4, -0.2) is 23.9 Å². The van der Waals surface area contributed by atoms with Crippen LogP contribution in [0.2, 0.25) is 0 Å². The molecule has 0 radical (unpaired) electrons. The second-order valence-electron chi connectivity index (χ2n) is 5.71. The van der Waals surface area contributed by atoms with Crippen LogP contribution >= 0.6 is 0 Å². The van der Waals surface area contributed by atoms with Crippen molar-refractivity contribution < 1.29 is 4.79 Å². The van der Waals surface area contributed by atoms with E-state index in [0.717, 1.165) is 31.7 Å². The molecular formula is C15H23N3O. The van der Waals surface area contributed by atoms with Gasteiger partial charge in [-0.3, -0.25) is 9.69 Å². The Labute approximate surface area is 115 Å². The Hall–Kier alpha value is -1.55. The van der Waals surface area contributed by atoms with Crippen LogP contribution in [0.1, 0.15) is 31.4 Å². The molecule has 0 aliphatic carbocycles. The van der Waals surface area contributed by atoms with Gasteiger partial charge in [0.05, 0.1) is 6.54 Å². The summed E-state index contributed by atoms with van der Waals surface area (Å²) in [7, 11) is 0. The van der Waals surface area contributed by atoms with Crippen molar-refractivity contribution in [3.05, 3.63) is 29.3 Å². The number of nitrogens with one attached hydrogen (secondary N) is 1. The molecule has 1 amide bonds. The first-order chi connectivity index (χ1) is 9.04. The third-order valence-corrected chi connectivity index (χ3v) is 3.43. The van der Waals surface area contributed by atoms with E-state index in [1.54, 1.807) is 0 Å². The maximum absolute atomic E-state index is 11.8. The minimum absolute atomic E-state index is 0.112. The molecule has 0 fully saturated rings. The van der Waals surface area contributed by atoms with Crippen molar-refractivity contribution in [2.45, 2.75) is 33.4 Å². The summed E-state index contributed by atoms with van der Waals surface area (Å²) in [5, 5.41) is 2.97. The number of amides is 1. The summed E-state index contributed by atoms with van der Waals surface area (Å²) in [6.07, 6.45) is 1.03. The van der Waals surface area contributed by atoms with E-state index in [4.69, 9.17) is 5.73 Å². The summed E-state index contributed by atoms with van der Waals surface area (Å²) in [4.78, 5) is 14.0. The predicted octanol–water partition coefficient (Wildman–Crippen LogP) is 1.75. The van der Waals surface area contributed by atoms with E-state index in [1.807, 2.05) is 12.1 Å². The highest BCUT2D eigenvalue weighted by molar-refractivity contribution is 5.78. The lowest BCUT2D eigenvalue weighted by molar-refractivity contribution is -0.122. The highest BCUT2D eigenvalue weighted by Gasteiger charge is 2.20. The molecule has 0 aromatic heterocycles. The average Bonchev–Trinajstić information content (AvgIpc) is 2.69. The molecule has 0 saturated heterocycles. The fourth-order valence-electron chi connectivity index (χ4n) is 2.36. The zero-order valence-electron chi connectivity index (χ0n) is 11.8. The normalized spacial score (nSPS) is 14.7. The number of benzene rings is 1. The largest absolute Gasteiger partial charge is 0.399 e. The first-order valence-electron chi connectivity index (χ1n) is 6.91. The van der Waals surface area contributed by atoms with Gasteiger partial charge in [0.25, 0.3) is 0 Å². The van der Waals surface area contributed by atoms with Gasteiger partial charge in [-0.15, -0.1) is 0 Å². The molecule has 1 heterocycles. The molecular weight excluding hydrogens is 238 g/mol. The first kappa shape index (κ1) is 13.9. The molecule has 3 N–H and O–H groups in total. The molecule has 19 heavy (non-hydrogen) atoms. The number of nitrogens with two attached hydrogens (primary N) is 1. The van der Waals surface area contributed by atoms with Gasteiger partial charge in [0.1, 0.15) is 0 Å². The van der Waals surface area contributed by atoms with Gasteiger partial charge < -0.3 is 11.1 Å². The predicted molar refractivity (Wildman–Crippen MR) is 77.4 cm³/mol. The molecule has 4 heteroatoms. The summed E-state index contributed by atoms with van der Waals surface area (Å²) in [5.74, 6) is 0.737. The number of carbonyl (C=O) groups is 1. The molecule has 4 nitrogen and oxygen atoms in total. The van der Waals surface area contributed by atoms with Gasteiger partial charge in [-0.1, -0.05) is 19.9 Å². The summed E-state index contributed by atoms with van der Waals surface area (Å²) in [6, 6.07) is 5.98. The fraction of sp³-hybridized carbons (Fsp3) is 0.533. The van der Waals surface area contributed by atoms with Crippen LogP contribution < -0.4 is 11.1 Å². The summed E-state index contributed by atoms with van der Waals surface area (Å²) in [6.45, 7) is 7.21. The van der Waals surface area contributed by atoms with Crippen LogP contribution in [0, 0.1) is 5.92 Å². The number of rotatable bonds is 5. The Morgan fingerprint density at radius 1 is 1.37 bits per heavy atom. The van der Waals surface area contributed by atoms with Crippen LogP contribution in [0.25, 0.3) is 0 Å². The summed E-state index contributed by atoms with van der Waals surface area (Å²) in [5.41, 5.74) is 9.09. The van der Waals surface area contributed by atoms with Crippen molar-refractivity contribution in [1.82, 2.24) is 10.2 Å². The van der Waals surface area contributed by atoms with Gasteiger partial charge in [-0.05, 0) is 35.6 Å². The minimum atomic E-state index is 0.112. The average molecular weight is 261 g/mol. The van der Waals surface area contributed by atoms with Crippen LogP contribution in [0.15, 0.2) is 18.2 Å². The number of nitrogen functional groups attached to an aromatic ring is 1. The second kappa shape index (κ2) is 6.06. The van der Waals surface area contributed by atoms with Crippen LogP contribution in [0.4, 0.5) is 5.69 Å². The zero-order valence-corrected chi connectivity index (χ0v) is 11.8. The highest BCUT2D eigenvalue weighted by Crippen LogP contribution is 2.24. The molecule has 0 atom stereocenters. The van der Waals surface area contributed by atoms with Crippen molar-refractivity contribution in [3.63, 3.8) is 0 Å². The standard InChI is InChI=1S/C15H23N3O/c1-11(2)5-6-17-15(19)10-18-8-12-3-4-14(16)7-13(12)9-18/h3-4,7,11H,5-6,8-10,16H2,1-2H3,(H,17,19). The van der Waals surface area contributed by atoms with E-state index in [2.05, 4.69) is 30.1 Å². The Bertz CT molecular complexity index is 457. The van der Waals surface area contributed by atoms with Gasteiger partial charge in [0.15, 0.2) is 0 Å². The molecule has 2 rings (SSSR count). The van der Waals surface area contributed by atoms with Crippen molar-refractivity contribution in [2.24, 2.45) is 5.92 Å². The van der Waals surface area contributed by atoms with Crippen molar-refractivity contribution in [2.75, 3.05) is 18.8 Å². The molecule has 0 bridgehead atoms. The number of nitrogens with zero attached hydrogens (tertiary/aromatic N) is 1. The number of carbonyl (C=O) groups excluding carboxylic acids is 1. The third-order valence-electron chi connectivity index (χ3n) is 3.43. The lowest BCUT2D eigenvalue weighted by Crippen LogP contribution is -2.35. The molecule has 104 valence electrons. The summed E-state index contributed by atoms with van der Waals surface area (Å²) >= 11 is 0. The number of hydrogen-bond donors (Lipinski definition) is 2. The fourth-order valence-corrected chi connectivity index (χ4v) is 2.36. The highest BCUT2D eigenvalue weighted by atomic mass is 16.2. The maximum Gasteiger partial charge on any atom is 0.234 e. The second-order valence-corrected chi connectivity index (χ2v) is 5.71. The Morgan fingerprint density at radius 2 is 2.11 bits per heavy atom. The van der Waals surface area contributed by atoms with Crippen molar-refractivity contribution in [1.29, 1.82) is 0 Å². The quantitative estimate of drug-likeness (QED) is 0.794. The minimum Gasteiger partial charge on any atom is -0.399 e. The third kappa shape index (κ3) is 3.96. The molecule has 1 aliphatic rings. The van der Waals surface area contributed by atoms with Gasteiger partial charge in [-0.25, -0.2) is 0 Å².